The maximum Gasteiger partial charge on any atom is 0.251 e. The summed E-state index contributed by atoms with van der Waals surface area (Å²) in [6, 6.07) is 9.46. The summed E-state index contributed by atoms with van der Waals surface area (Å²) in [5.41, 5.74) is 6.72. The molecule has 0 aliphatic rings. The van der Waals surface area contributed by atoms with Crippen LogP contribution in [0.25, 0.3) is 0 Å². The average molecular weight is 361 g/mol. The van der Waals surface area contributed by atoms with Crippen molar-refractivity contribution in [2.75, 3.05) is 25.5 Å². The van der Waals surface area contributed by atoms with Crippen molar-refractivity contribution in [1.82, 2.24) is 4.90 Å². The van der Waals surface area contributed by atoms with Crippen molar-refractivity contribution in [3.63, 3.8) is 0 Å². The van der Waals surface area contributed by atoms with Crippen LogP contribution in [-0.2, 0) is 4.79 Å². The lowest BCUT2D eigenvalue weighted by Gasteiger charge is -2.27. The molecule has 0 unspecified atom stereocenters. The van der Waals surface area contributed by atoms with Crippen LogP contribution in [0.4, 0.5) is 5.00 Å². The maximum absolute atomic E-state index is 12.4. The number of ether oxygens (including phenoxy) is 1. The maximum atomic E-state index is 12.4. The summed E-state index contributed by atoms with van der Waals surface area (Å²) >= 11 is 1.28. The number of nitrogens with one attached hydrogen (secondary N) is 1. The van der Waals surface area contributed by atoms with Crippen molar-refractivity contribution < 1.29 is 14.3 Å². The SMILES string of the molecule is CCN(CC(=O)Nc1sccc1C(N)=O)[C@H](C)c1cccc(OC)c1. The van der Waals surface area contributed by atoms with Crippen molar-refractivity contribution >= 4 is 28.2 Å². The summed E-state index contributed by atoms with van der Waals surface area (Å²) in [6.45, 7) is 4.97. The van der Waals surface area contributed by atoms with Crippen LogP contribution in [0, 0.1) is 0 Å². The Hall–Kier alpha value is -2.38. The molecule has 25 heavy (non-hydrogen) atoms. The predicted octanol–water partition coefficient (Wildman–Crippen LogP) is 2.88. The van der Waals surface area contributed by atoms with Crippen LogP contribution < -0.4 is 15.8 Å². The van der Waals surface area contributed by atoms with Crippen LogP contribution in [0.5, 0.6) is 5.75 Å². The first-order chi connectivity index (χ1) is 12.0. The van der Waals surface area contributed by atoms with Gasteiger partial charge < -0.3 is 15.8 Å². The lowest BCUT2D eigenvalue weighted by molar-refractivity contribution is -0.117. The zero-order valence-electron chi connectivity index (χ0n) is 14.6. The highest BCUT2D eigenvalue weighted by molar-refractivity contribution is 7.14. The number of thiophene rings is 1. The standard InChI is InChI=1S/C18H23N3O3S/c1-4-21(12(2)13-6-5-7-14(10-13)24-3)11-16(22)20-18-15(17(19)23)8-9-25-18/h5-10,12H,4,11H2,1-3H3,(H2,19,23)(H,20,22)/t12-/m1/s1. The van der Waals surface area contributed by atoms with E-state index in [1.165, 1.54) is 11.3 Å². The molecule has 1 heterocycles. The number of carbonyl (C=O) groups excluding carboxylic acids is 2. The van der Waals surface area contributed by atoms with E-state index in [-0.39, 0.29) is 18.5 Å². The summed E-state index contributed by atoms with van der Waals surface area (Å²) in [6.07, 6.45) is 0. The molecule has 134 valence electrons. The third-order valence-electron chi connectivity index (χ3n) is 4.06. The fraction of sp³-hybridized carbons (Fsp3) is 0.333. The number of primary amides is 1. The molecule has 7 heteroatoms. The molecule has 0 spiro atoms. The molecule has 6 nitrogen and oxygen atoms in total. The predicted molar refractivity (Wildman–Crippen MR) is 100 cm³/mol. The highest BCUT2D eigenvalue weighted by Gasteiger charge is 2.19. The van der Waals surface area contributed by atoms with Gasteiger partial charge in [-0.25, -0.2) is 0 Å². The normalized spacial score (nSPS) is 12.0. The second kappa shape index (κ2) is 8.64. The molecule has 0 saturated heterocycles. The largest absolute Gasteiger partial charge is 0.497 e. The van der Waals surface area contributed by atoms with Crippen molar-refractivity contribution in [3.8, 4) is 5.75 Å². The fourth-order valence-electron chi connectivity index (χ4n) is 2.59. The molecule has 1 atom stereocenters. The van der Waals surface area contributed by atoms with E-state index in [1.54, 1.807) is 18.6 Å². The molecule has 3 N–H and O–H groups in total. The van der Waals surface area contributed by atoms with Crippen molar-refractivity contribution in [2.45, 2.75) is 19.9 Å². The first kappa shape index (κ1) is 19.0. The third kappa shape index (κ3) is 4.80. The van der Waals surface area contributed by atoms with Crippen LogP contribution in [0.2, 0.25) is 0 Å². The summed E-state index contributed by atoms with van der Waals surface area (Å²) < 4.78 is 5.27. The number of amides is 2. The van der Waals surface area contributed by atoms with Crippen molar-refractivity contribution in [2.24, 2.45) is 5.73 Å². The monoisotopic (exact) mass is 361 g/mol. The average Bonchev–Trinajstić information content (AvgIpc) is 3.07. The van der Waals surface area contributed by atoms with E-state index in [4.69, 9.17) is 10.5 Å². The van der Waals surface area contributed by atoms with Crippen molar-refractivity contribution in [3.05, 3.63) is 46.8 Å². The van der Waals surface area contributed by atoms with Gasteiger partial charge in [-0.15, -0.1) is 11.3 Å². The molecule has 0 radical (unpaired) electrons. The van der Waals surface area contributed by atoms with Crippen molar-refractivity contribution in [1.29, 1.82) is 0 Å². The Kier molecular flexibility index (Phi) is 6.55. The minimum absolute atomic E-state index is 0.0461. The topological polar surface area (TPSA) is 84.7 Å². The smallest absolute Gasteiger partial charge is 0.251 e. The Morgan fingerprint density at radius 2 is 2.12 bits per heavy atom. The van der Waals surface area contributed by atoms with E-state index >= 15 is 0 Å². The van der Waals surface area contributed by atoms with Gasteiger partial charge in [0.2, 0.25) is 5.91 Å². The van der Waals surface area contributed by atoms with Crippen LogP contribution in [-0.4, -0.2) is 36.9 Å². The summed E-state index contributed by atoms with van der Waals surface area (Å²) in [5, 5.41) is 4.99. The molecule has 0 bridgehead atoms. The zero-order valence-corrected chi connectivity index (χ0v) is 15.4. The second-order valence-corrected chi connectivity index (χ2v) is 6.51. The number of likely N-dealkylation sites (N-methyl/N-ethyl adjacent to an activating group) is 1. The highest BCUT2D eigenvalue weighted by Crippen LogP contribution is 2.25. The number of hydrogen-bond acceptors (Lipinski definition) is 5. The minimum Gasteiger partial charge on any atom is -0.497 e. The molecule has 0 aliphatic carbocycles. The van der Waals surface area contributed by atoms with E-state index in [2.05, 4.69) is 5.32 Å². The van der Waals surface area contributed by atoms with Gasteiger partial charge in [0.15, 0.2) is 0 Å². The van der Waals surface area contributed by atoms with Gasteiger partial charge in [-0.05, 0) is 42.6 Å². The summed E-state index contributed by atoms with van der Waals surface area (Å²) in [5.74, 6) is 0.0599. The molecular formula is C18H23N3O3S. The number of anilines is 1. The van der Waals surface area contributed by atoms with Gasteiger partial charge in [-0.1, -0.05) is 19.1 Å². The molecule has 0 saturated carbocycles. The number of methoxy groups -OCH3 is 1. The first-order valence-corrected chi connectivity index (χ1v) is 8.89. The van der Waals surface area contributed by atoms with Crippen LogP contribution >= 0.6 is 11.3 Å². The number of rotatable bonds is 8. The number of hydrogen-bond donors (Lipinski definition) is 2. The summed E-state index contributed by atoms with van der Waals surface area (Å²) in [4.78, 5) is 25.8. The molecule has 2 rings (SSSR count). The lowest BCUT2D eigenvalue weighted by Crippen LogP contribution is -2.35. The van der Waals surface area contributed by atoms with Crippen LogP contribution in [0.15, 0.2) is 35.7 Å². The molecule has 1 aromatic carbocycles. The van der Waals surface area contributed by atoms with E-state index < -0.39 is 5.91 Å². The Labute approximate surface area is 151 Å². The fourth-order valence-corrected chi connectivity index (χ4v) is 3.39. The van der Waals surface area contributed by atoms with Gasteiger partial charge in [0.25, 0.3) is 5.91 Å². The molecule has 2 aromatic rings. The number of nitrogens with two attached hydrogens (primary N) is 1. The summed E-state index contributed by atoms with van der Waals surface area (Å²) in [7, 11) is 1.63. The molecular weight excluding hydrogens is 338 g/mol. The minimum atomic E-state index is -0.548. The van der Waals surface area contributed by atoms with Gasteiger partial charge in [0, 0.05) is 6.04 Å². The van der Waals surface area contributed by atoms with Crippen LogP contribution in [0.3, 0.4) is 0 Å². The van der Waals surface area contributed by atoms with Gasteiger partial charge in [0.1, 0.15) is 10.8 Å². The number of carbonyl (C=O) groups is 2. The molecule has 1 aromatic heterocycles. The van der Waals surface area contributed by atoms with E-state index in [0.29, 0.717) is 17.1 Å². The Morgan fingerprint density at radius 3 is 2.76 bits per heavy atom. The molecule has 0 aliphatic heterocycles. The Morgan fingerprint density at radius 1 is 1.36 bits per heavy atom. The highest BCUT2D eigenvalue weighted by atomic mass is 32.1. The Balaban J connectivity index is 2.06. The number of benzene rings is 1. The van der Waals surface area contributed by atoms with E-state index in [0.717, 1.165) is 11.3 Å². The van der Waals surface area contributed by atoms with E-state index in [1.807, 2.05) is 43.0 Å². The Bertz CT molecular complexity index is 745. The quantitative estimate of drug-likeness (QED) is 0.757. The second-order valence-electron chi connectivity index (χ2n) is 5.59. The molecule has 0 fully saturated rings. The zero-order chi connectivity index (χ0) is 18.4. The van der Waals surface area contributed by atoms with Gasteiger partial charge in [-0.2, -0.15) is 0 Å². The van der Waals surface area contributed by atoms with E-state index in [9.17, 15) is 9.59 Å². The van der Waals surface area contributed by atoms with Gasteiger partial charge >= 0.3 is 0 Å². The first-order valence-electron chi connectivity index (χ1n) is 8.01. The third-order valence-corrected chi connectivity index (χ3v) is 4.89. The van der Waals surface area contributed by atoms with Gasteiger partial charge in [-0.3, -0.25) is 14.5 Å². The van der Waals surface area contributed by atoms with Crippen LogP contribution in [0.1, 0.15) is 35.8 Å². The van der Waals surface area contributed by atoms with Gasteiger partial charge in [0.05, 0.1) is 19.2 Å². The lowest BCUT2D eigenvalue weighted by atomic mass is 10.1. The number of nitrogens with zero attached hydrogens (tertiary/aromatic N) is 1. The molecule has 2 amide bonds.